The van der Waals surface area contributed by atoms with Crippen molar-refractivity contribution in [3.05, 3.63) is 53.9 Å². The Morgan fingerprint density at radius 3 is 2.62 bits per heavy atom. The molecule has 0 aliphatic heterocycles. The van der Waals surface area contributed by atoms with Crippen molar-refractivity contribution in [2.45, 2.75) is 19.9 Å². The summed E-state index contributed by atoms with van der Waals surface area (Å²) < 4.78 is 12.8. The molecule has 2 heterocycles. The van der Waals surface area contributed by atoms with Crippen LogP contribution in [0, 0.1) is 0 Å². The molecule has 21 heavy (non-hydrogen) atoms. The molecule has 2 aromatic heterocycles. The average Bonchev–Trinajstić information content (AvgIpc) is 3.16. The maximum absolute atomic E-state index is 5.77. The number of methoxy groups -OCH3 is 1. The lowest BCUT2D eigenvalue weighted by atomic mass is 10.2. The van der Waals surface area contributed by atoms with Gasteiger partial charge in [0.05, 0.1) is 19.9 Å². The van der Waals surface area contributed by atoms with Crippen LogP contribution in [0.1, 0.15) is 18.2 Å². The predicted molar refractivity (Wildman–Crippen MR) is 79.2 cm³/mol. The molecule has 0 radical (unpaired) electrons. The number of hydrogen-bond donors (Lipinski definition) is 0. The fourth-order valence-electron chi connectivity index (χ4n) is 2.17. The van der Waals surface area contributed by atoms with E-state index in [1.54, 1.807) is 13.3 Å². The number of aromatic nitrogens is 3. The molecule has 0 aliphatic rings. The van der Waals surface area contributed by atoms with Gasteiger partial charge in [-0.1, -0.05) is 24.3 Å². The Balaban J connectivity index is 1.84. The van der Waals surface area contributed by atoms with Crippen LogP contribution in [-0.4, -0.2) is 22.1 Å². The molecule has 108 valence electrons. The first-order valence-corrected chi connectivity index (χ1v) is 6.90. The SMILES string of the molecule is CCc1ccc(-c2cnnn2Cc2ccc(OC)cc2)o1. The van der Waals surface area contributed by atoms with Crippen molar-refractivity contribution in [3.8, 4) is 17.2 Å². The summed E-state index contributed by atoms with van der Waals surface area (Å²) in [5, 5.41) is 8.13. The lowest BCUT2D eigenvalue weighted by Crippen LogP contribution is -2.03. The van der Waals surface area contributed by atoms with Crippen molar-refractivity contribution in [2.75, 3.05) is 7.11 Å². The molecule has 0 N–H and O–H groups in total. The molecule has 3 rings (SSSR count). The first kappa shape index (κ1) is 13.4. The molecule has 1 aromatic carbocycles. The van der Waals surface area contributed by atoms with Crippen LogP contribution in [0.15, 0.2) is 47.0 Å². The third-order valence-corrected chi connectivity index (χ3v) is 3.37. The van der Waals surface area contributed by atoms with Crippen molar-refractivity contribution in [1.82, 2.24) is 15.0 Å². The Morgan fingerprint density at radius 2 is 1.95 bits per heavy atom. The third kappa shape index (κ3) is 2.81. The largest absolute Gasteiger partial charge is 0.497 e. The van der Waals surface area contributed by atoms with Gasteiger partial charge in [-0.25, -0.2) is 4.68 Å². The molecule has 0 amide bonds. The van der Waals surface area contributed by atoms with Gasteiger partial charge in [0.1, 0.15) is 17.2 Å². The zero-order valence-corrected chi connectivity index (χ0v) is 12.1. The van der Waals surface area contributed by atoms with Crippen LogP contribution in [-0.2, 0) is 13.0 Å². The maximum Gasteiger partial charge on any atom is 0.154 e. The van der Waals surface area contributed by atoms with Gasteiger partial charge in [-0.15, -0.1) is 5.10 Å². The zero-order valence-electron chi connectivity index (χ0n) is 12.1. The van der Waals surface area contributed by atoms with Gasteiger partial charge in [0.15, 0.2) is 5.76 Å². The topological polar surface area (TPSA) is 53.1 Å². The molecule has 0 saturated heterocycles. The molecular weight excluding hydrogens is 266 g/mol. The minimum Gasteiger partial charge on any atom is -0.497 e. The van der Waals surface area contributed by atoms with E-state index >= 15 is 0 Å². The van der Waals surface area contributed by atoms with E-state index in [-0.39, 0.29) is 0 Å². The molecule has 5 nitrogen and oxygen atoms in total. The molecule has 5 heteroatoms. The normalized spacial score (nSPS) is 10.8. The van der Waals surface area contributed by atoms with Crippen LogP contribution in [0.3, 0.4) is 0 Å². The van der Waals surface area contributed by atoms with Crippen molar-refractivity contribution < 1.29 is 9.15 Å². The third-order valence-electron chi connectivity index (χ3n) is 3.37. The molecule has 0 saturated carbocycles. The Bertz CT molecular complexity index is 713. The summed E-state index contributed by atoms with van der Waals surface area (Å²) in [5.74, 6) is 2.60. The summed E-state index contributed by atoms with van der Waals surface area (Å²) in [4.78, 5) is 0. The number of furan rings is 1. The Labute approximate surface area is 123 Å². The van der Waals surface area contributed by atoms with Gasteiger partial charge in [0.25, 0.3) is 0 Å². The first-order valence-electron chi connectivity index (χ1n) is 6.90. The van der Waals surface area contributed by atoms with Crippen LogP contribution >= 0.6 is 0 Å². The molecule has 0 unspecified atom stereocenters. The van der Waals surface area contributed by atoms with Gasteiger partial charge in [-0.05, 0) is 29.8 Å². The lowest BCUT2D eigenvalue weighted by Gasteiger charge is -2.06. The number of nitrogens with zero attached hydrogens (tertiary/aromatic N) is 3. The van der Waals surface area contributed by atoms with Crippen molar-refractivity contribution in [2.24, 2.45) is 0 Å². The first-order chi connectivity index (χ1) is 10.3. The second-order valence-electron chi connectivity index (χ2n) is 4.74. The van der Waals surface area contributed by atoms with E-state index in [0.717, 1.165) is 34.9 Å². The van der Waals surface area contributed by atoms with Crippen LogP contribution in [0.4, 0.5) is 0 Å². The van der Waals surface area contributed by atoms with Gasteiger partial charge in [0.2, 0.25) is 0 Å². The van der Waals surface area contributed by atoms with E-state index in [4.69, 9.17) is 9.15 Å². The highest BCUT2D eigenvalue weighted by atomic mass is 16.5. The summed E-state index contributed by atoms with van der Waals surface area (Å²) in [5.41, 5.74) is 2.01. The minimum absolute atomic E-state index is 0.640. The molecule has 3 aromatic rings. The van der Waals surface area contributed by atoms with Crippen LogP contribution in [0.25, 0.3) is 11.5 Å². The van der Waals surface area contributed by atoms with Crippen LogP contribution in [0.5, 0.6) is 5.75 Å². The fourth-order valence-corrected chi connectivity index (χ4v) is 2.17. The minimum atomic E-state index is 0.640. The lowest BCUT2D eigenvalue weighted by molar-refractivity contribution is 0.414. The van der Waals surface area contributed by atoms with E-state index in [1.807, 2.05) is 41.1 Å². The zero-order chi connectivity index (χ0) is 14.7. The second kappa shape index (κ2) is 5.83. The number of benzene rings is 1. The average molecular weight is 283 g/mol. The summed E-state index contributed by atoms with van der Waals surface area (Å²) in [6.07, 6.45) is 2.60. The van der Waals surface area contributed by atoms with Gasteiger partial charge in [-0.3, -0.25) is 0 Å². The monoisotopic (exact) mass is 283 g/mol. The highest BCUT2D eigenvalue weighted by Crippen LogP contribution is 2.22. The number of hydrogen-bond acceptors (Lipinski definition) is 4. The second-order valence-corrected chi connectivity index (χ2v) is 4.74. The van der Waals surface area contributed by atoms with Gasteiger partial charge in [-0.2, -0.15) is 0 Å². The summed E-state index contributed by atoms with van der Waals surface area (Å²) in [6, 6.07) is 11.9. The smallest absolute Gasteiger partial charge is 0.154 e. The van der Waals surface area contributed by atoms with Gasteiger partial charge in [0, 0.05) is 6.42 Å². The van der Waals surface area contributed by atoms with Gasteiger partial charge < -0.3 is 9.15 Å². The van der Waals surface area contributed by atoms with Crippen molar-refractivity contribution in [3.63, 3.8) is 0 Å². The van der Waals surface area contributed by atoms with Crippen LogP contribution in [0.2, 0.25) is 0 Å². The number of aryl methyl sites for hydroxylation is 1. The Hall–Kier alpha value is -2.56. The Morgan fingerprint density at radius 1 is 1.14 bits per heavy atom. The molecule has 0 spiro atoms. The van der Waals surface area contributed by atoms with E-state index in [9.17, 15) is 0 Å². The highest BCUT2D eigenvalue weighted by Gasteiger charge is 2.11. The number of ether oxygens (including phenoxy) is 1. The van der Waals surface area contributed by atoms with Gasteiger partial charge >= 0.3 is 0 Å². The summed E-state index contributed by atoms with van der Waals surface area (Å²) >= 11 is 0. The van der Waals surface area contributed by atoms with Crippen LogP contribution < -0.4 is 4.74 Å². The summed E-state index contributed by atoms with van der Waals surface area (Å²) in [7, 11) is 1.66. The Kier molecular flexibility index (Phi) is 3.73. The highest BCUT2D eigenvalue weighted by molar-refractivity contribution is 5.51. The summed E-state index contributed by atoms with van der Waals surface area (Å²) in [6.45, 7) is 2.71. The molecule has 0 fully saturated rings. The van der Waals surface area contributed by atoms with E-state index < -0.39 is 0 Å². The number of rotatable bonds is 5. The molecule has 0 aliphatic carbocycles. The van der Waals surface area contributed by atoms with E-state index in [2.05, 4.69) is 17.2 Å². The van der Waals surface area contributed by atoms with E-state index in [1.165, 1.54) is 0 Å². The quantitative estimate of drug-likeness (QED) is 0.721. The van der Waals surface area contributed by atoms with Crippen molar-refractivity contribution in [1.29, 1.82) is 0 Å². The van der Waals surface area contributed by atoms with E-state index in [0.29, 0.717) is 6.54 Å². The molecular formula is C16H17N3O2. The predicted octanol–water partition coefficient (Wildman–Crippen LogP) is 3.16. The van der Waals surface area contributed by atoms with Crippen molar-refractivity contribution >= 4 is 0 Å². The maximum atomic E-state index is 5.77. The molecule has 0 atom stereocenters. The fraction of sp³-hybridized carbons (Fsp3) is 0.250. The molecule has 0 bridgehead atoms. The standard InChI is InChI=1S/C16H17N3O2/c1-3-13-8-9-16(21-13)15-10-17-18-19(15)11-12-4-6-14(20-2)7-5-12/h4-10H,3,11H2,1-2H3.